The number of amides is 2. The van der Waals surface area contributed by atoms with Crippen molar-refractivity contribution in [3.63, 3.8) is 0 Å². The maximum absolute atomic E-state index is 13.0. The van der Waals surface area contributed by atoms with Gasteiger partial charge in [0.1, 0.15) is 11.5 Å². The number of carbonyl (C=O) groups is 2. The van der Waals surface area contributed by atoms with Crippen LogP contribution >= 0.6 is 0 Å². The zero-order valence-corrected chi connectivity index (χ0v) is 16.4. The molecule has 2 N–H and O–H groups in total. The molecule has 4 rings (SSSR count). The zero-order valence-electron chi connectivity index (χ0n) is 16.4. The Kier molecular flexibility index (Phi) is 4.92. The van der Waals surface area contributed by atoms with Gasteiger partial charge in [0, 0.05) is 35.8 Å². The molecule has 0 aliphatic carbocycles. The van der Waals surface area contributed by atoms with E-state index >= 15 is 0 Å². The van der Waals surface area contributed by atoms with Crippen LogP contribution in [0.1, 0.15) is 23.2 Å². The summed E-state index contributed by atoms with van der Waals surface area (Å²) in [6, 6.07) is 14.1. The summed E-state index contributed by atoms with van der Waals surface area (Å²) < 4.78 is 13.0. The summed E-state index contributed by atoms with van der Waals surface area (Å²) in [5, 5.41) is 4.10. The third kappa shape index (κ3) is 3.42. The van der Waals surface area contributed by atoms with Crippen molar-refractivity contribution in [1.82, 2.24) is 15.2 Å². The Morgan fingerprint density at radius 3 is 2.52 bits per heavy atom. The van der Waals surface area contributed by atoms with Crippen LogP contribution in [-0.2, 0) is 16.0 Å². The number of aromatic amines is 1. The Morgan fingerprint density at radius 2 is 1.76 bits per heavy atom. The molecule has 0 radical (unpaired) electrons. The second-order valence-electron chi connectivity index (χ2n) is 7.25. The first-order valence-corrected chi connectivity index (χ1v) is 9.60. The first-order valence-electron chi connectivity index (χ1n) is 9.60. The molecule has 0 saturated carbocycles. The Bertz CT molecular complexity index is 1130. The van der Waals surface area contributed by atoms with Crippen LogP contribution in [0.15, 0.2) is 54.2 Å². The van der Waals surface area contributed by atoms with Crippen molar-refractivity contribution in [2.75, 3.05) is 13.6 Å². The summed E-state index contributed by atoms with van der Waals surface area (Å²) in [5.41, 5.74) is 4.32. The standard InChI is InChI=1S/C23H22FN3O2/c1-14-19(17-7-3-4-8-18(17)26-14)20-21(23(29)27(2)22(20)28)25-13-5-6-15-9-11-16(24)12-10-15/h3-4,7-12,25-26H,5-6,13H2,1-2H3. The first-order chi connectivity index (χ1) is 14.0. The first kappa shape index (κ1) is 18.9. The molecule has 0 spiro atoms. The predicted octanol–water partition coefficient (Wildman–Crippen LogP) is 3.55. The number of halogens is 1. The van der Waals surface area contributed by atoms with Gasteiger partial charge in [-0.25, -0.2) is 4.39 Å². The van der Waals surface area contributed by atoms with Crippen molar-refractivity contribution in [3.05, 3.63) is 76.9 Å². The number of rotatable bonds is 6. The van der Waals surface area contributed by atoms with E-state index in [-0.39, 0.29) is 17.6 Å². The lowest BCUT2D eigenvalue weighted by atomic mass is 10.0. The van der Waals surface area contributed by atoms with Gasteiger partial charge in [-0.1, -0.05) is 30.3 Å². The fourth-order valence-corrected chi connectivity index (χ4v) is 3.79. The van der Waals surface area contributed by atoms with Crippen LogP contribution < -0.4 is 5.32 Å². The summed E-state index contributed by atoms with van der Waals surface area (Å²) in [6.07, 6.45) is 1.50. The third-order valence-corrected chi connectivity index (χ3v) is 5.29. The molecule has 2 heterocycles. The van der Waals surface area contributed by atoms with Gasteiger partial charge in [-0.2, -0.15) is 0 Å². The molecule has 6 heteroatoms. The number of hydrogen-bond acceptors (Lipinski definition) is 3. The van der Waals surface area contributed by atoms with E-state index in [0.29, 0.717) is 17.8 Å². The van der Waals surface area contributed by atoms with E-state index in [9.17, 15) is 14.0 Å². The lowest BCUT2D eigenvalue weighted by Gasteiger charge is -2.09. The van der Waals surface area contributed by atoms with Crippen molar-refractivity contribution in [2.24, 2.45) is 0 Å². The second kappa shape index (κ2) is 7.54. The summed E-state index contributed by atoms with van der Waals surface area (Å²) in [5.74, 6) is -0.880. The van der Waals surface area contributed by atoms with E-state index in [1.807, 2.05) is 31.2 Å². The highest BCUT2D eigenvalue weighted by molar-refractivity contribution is 6.37. The molecule has 0 unspecified atom stereocenters. The predicted molar refractivity (Wildman–Crippen MR) is 110 cm³/mol. The minimum atomic E-state index is -0.323. The molecule has 1 aliphatic rings. The number of aryl methyl sites for hydroxylation is 2. The number of benzene rings is 2. The van der Waals surface area contributed by atoms with Crippen molar-refractivity contribution in [2.45, 2.75) is 19.8 Å². The normalized spacial score (nSPS) is 14.4. The van der Waals surface area contributed by atoms with E-state index in [1.165, 1.54) is 19.2 Å². The smallest absolute Gasteiger partial charge is 0.277 e. The summed E-state index contributed by atoms with van der Waals surface area (Å²) >= 11 is 0. The molecule has 2 amide bonds. The molecular weight excluding hydrogens is 369 g/mol. The van der Waals surface area contributed by atoms with Gasteiger partial charge < -0.3 is 10.3 Å². The van der Waals surface area contributed by atoms with E-state index in [2.05, 4.69) is 10.3 Å². The number of H-pyrrole nitrogens is 1. The van der Waals surface area contributed by atoms with Crippen LogP contribution in [0.5, 0.6) is 0 Å². The van der Waals surface area contributed by atoms with Crippen molar-refractivity contribution in [3.8, 4) is 0 Å². The minimum Gasteiger partial charge on any atom is -0.380 e. The zero-order chi connectivity index (χ0) is 20.5. The van der Waals surface area contributed by atoms with Gasteiger partial charge in [-0.15, -0.1) is 0 Å². The Labute approximate surface area is 168 Å². The summed E-state index contributed by atoms with van der Waals surface area (Å²) in [6.45, 7) is 2.44. The van der Waals surface area contributed by atoms with Crippen LogP contribution in [0.2, 0.25) is 0 Å². The molecule has 29 heavy (non-hydrogen) atoms. The number of aromatic nitrogens is 1. The summed E-state index contributed by atoms with van der Waals surface area (Å²) in [7, 11) is 1.50. The van der Waals surface area contributed by atoms with Gasteiger partial charge in [0.25, 0.3) is 11.8 Å². The molecule has 0 bridgehead atoms. The van der Waals surface area contributed by atoms with Crippen LogP contribution in [0, 0.1) is 12.7 Å². The highest BCUT2D eigenvalue weighted by Gasteiger charge is 2.38. The van der Waals surface area contributed by atoms with Crippen LogP contribution in [-0.4, -0.2) is 35.3 Å². The monoisotopic (exact) mass is 391 g/mol. The minimum absolute atomic E-state index is 0.256. The number of nitrogens with zero attached hydrogens (tertiary/aromatic N) is 1. The number of imide groups is 1. The van der Waals surface area contributed by atoms with E-state index in [0.717, 1.165) is 45.5 Å². The fraction of sp³-hybridized carbons (Fsp3) is 0.217. The highest BCUT2D eigenvalue weighted by Crippen LogP contribution is 2.34. The van der Waals surface area contributed by atoms with Crippen molar-refractivity contribution < 1.29 is 14.0 Å². The Morgan fingerprint density at radius 1 is 1.03 bits per heavy atom. The third-order valence-electron chi connectivity index (χ3n) is 5.29. The molecule has 0 fully saturated rings. The van der Waals surface area contributed by atoms with Gasteiger partial charge in [-0.05, 0) is 43.5 Å². The molecule has 148 valence electrons. The van der Waals surface area contributed by atoms with Gasteiger partial charge in [-0.3, -0.25) is 14.5 Å². The molecule has 0 atom stereocenters. The lowest BCUT2D eigenvalue weighted by Crippen LogP contribution is -2.30. The quantitative estimate of drug-likeness (QED) is 0.499. The van der Waals surface area contributed by atoms with Crippen molar-refractivity contribution in [1.29, 1.82) is 0 Å². The van der Waals surface area contributed by atoms with E-state index in [4.69, 9.17) is 0 Å². The summed E-state index contributed by atoms with van der Waals surface area (Å²) in [4.78, 5) is 30.0. The lowest BCUT2D eigenvalue weighted by molar-refractivity contribution is -0.135. The van der Waals surface area contributed by atoms with Gasteiger partial charge in [0.05, 0.1) is 5.57 Å². The fourth-order valence-electron chi connectivity index (χ4n) is 3.79. The van der Waals surface area contributed by atoms with Gasteiger partial charge in [0.15, 0.2) is 0 Å². The maximum Gasteiger partial charge on any atom is 0.277 e. The average molecular weight is 391 g/mol. The topological polar surface area (TPSA) is 65.2 Å². The molecular formula is C23H22FN3O2. The van der Waals surface area contributed by atoms with Gasteiger partial charge >= 0.3 is 0 Å². The number of hydrogen-bond donors (Lipinski definition) is 2. The Balaban J connectivity index is 1.60. The molecule has 0 saturated heterocycles. The molecule has 3 aromatic rings. The highest BCUT2D eigenvalue weighted by atomic mass is 19.1. The van der Waals surface area contributed by atoms with E-state index in [1.54, 1.807) is 12.1 Å². The SMILES string of the molecule is Cc1[nH]c2ccccc2c1C1=C(NCCCc2ccc(F)cc2)C(=O)N(C)C1=O. The van der Waals surface area contributed by atoms with E-state index < -0.39 is 0 Å². The maximum atomic E-state index is 13.0. The largest absolute Gasteiger partial charge is 0.380 e. The molecule has 1 aliphatic heterocycles. The molecule has 2 aromatic carbocycles. The van der Waals surface area contributed by atoms with Crippen LogP contribution in [0.3, 0.4) is 0 Å². The number of fused-ring (bicyclic) bond motifs is 1. The number of likely N-dealkylation sites (N-methyl/N-ethyl adjacent to an activating group) is 1. The van der Waals surface area contributed by atoms with Gasteiger partial charge in [0.2, 0.25) is 0 Å². The van der Waals surface area contributed by atoms with Crippen LogP contribution in [0.4, 0.5) is 4.39 Å². The molecule has 5 nitrogen and oxygen atoms in total. The van der Waals surface area contributed by atoms with Crippen molar-refractivity contribution >= 4 is 28.3 Å². The number of para-hydroxylation sites is 1. The number of nitrogens with one attached hydrogen (secondary N) is 2. The number of carbonyl (C=O) groups excluding carboxylic acids is 2. The Hall–Kier alpha value is -3.41. The average Bonchev–Trinajstić information content (AvgIpc) is 3.15. The van der Waals surface area contributed by atoms with Crippen LogP contribution in [0.25, 0.3) is 16.5 Å². The second-order valence-corrected chi connectivity index (χ2v) is 7.25. The molecule has 1 aromatic heterocycles.